The van der Waals surface area contributed by atoms with E-state index in [4.69, 9.17) is 4.74 Å². The summed E-state index contributed by atoms with van der Waals surface area (Å²) in [6, 6.07) is 6.42. The fraction of sp³-hybridized carbons (Fsp3) is 0.400. The van der Waals surface area contributed by atoms with Crippen molar-refractivity contribution in [1.29, 1.82) is 0 Å². The summed E-state index contributed by atoms with van der Waals surface area (Å²) in [4.78, 5) is 0. The average molecular weight is 297 g/mol. The molecule has 1 heterocycles. The fourth-order valence-electron chi connectivity index (χ4n) is 1.31. The predicted octanol–water partition coefficient (Wildman–Crippen LogP) is 3.16. The first-order valence-electron chi connectivity index (χ1n) is 4.53. The zero-order chi connectivity index (χ0) is 11.8. The van der Waals surface area contributed by atoms with Crippen molar-refractivity contribution >= 4 is 15.9 Å². The molecule has 0 aliphatic carbocycles. The van der Waals surface area contributed by atoms with E-state index in [1.807, 2.05) is 0 Å². The van der Waals surface area contributed by atoms with Crippen molar-refractivity contribution in [2.24, 2.45) is 0 Å². The van der Waals surface area contributed by atoms with Crippen LogP contribution in [0, 0.1) is 0 Å². The number of alkyl halides is 3. The van der Waals surface area contributed by atoms with Gasteiger partial charge in [-0.05, 0) is 28.1 Å². The number of halogens is 4. The van der Waals surface area contributed by atoms with Gasteiger partial charge >= 0.3 is 6.18 Å². The highest BCUT2D eigenvalue weighted by Gasteiger charge is 2.63. The first-order chi connectivity index (χ1) is 7.45. The van der Waals surface area contributed by atoms with Crippen LogP contribution >= 0.6 is 15.9 Å². The molecule has 0 spiro atoms. The Morgan fingerprint density at radius 2 is 1.88 bits per heavy atom. The Morgan fingerprint density at radius 3 is 2.31 bits per heavy atom. The van der Waals surface area contributed by atoms with Crippen molar-refractivity contribution in [2.45, 2.75) is 11.8 Å². The lowest BCUT2D eigenvalue weighted by atomic mass is 10.0. The summed E-state index contributed by atoms with van der Waals surface area (Å²) in [5.41, 5.74) is -2.20. The molecule has 1 aromatic carbocycles. The molecule has 1 saturated heterocycles. The van der Waals surface area contributed by atoms with Crippen LogP contribution in [0.1, 0.15) is 0 Å². The average Bonchev–Trinajstić information content (AvgIpc) is 2.11. The van der Waals surface area contributed by atoms with E-state index in [9.17, 15) is 13.2 Å². The topological polar surface area (TPSA) is 18.5 Å². The third-order valence-corrected chi connectivity index (χ3v) is 2.98. The minimum atomic E-state index is -4.43. The maximum Gasteiger partial charge on any atom is 0.432 e. The molecule has 0 N–H and O–H groups in total. The van der Waals surface area contributed by atoms with Crippen molar-refractivity contribution in [2.75, 3.05) is 13.2 Å². The minimum Gasteiger partial charge on any atom is -0.472 e. The van der Waals surface area contributed by atoms with Gasteiger partial charge in [-0.3, -0.25) is 0 Å². The van der Waals surface area contributed by atoms with Crippen LogP contribution < -0.4 is 4.74 Å². The molecule has 0 radical (unpaired) electrons. The molecule has 2 rings (SSSR count). The zero-order valence-electron chi connectivity index (χ0n) is 8.05. The molecule has 16 heavy (non-hydrogen) atoms. The molecule has 1 aromatic rings. The minimum absolute atomic E-state index is 0.170. The quantitative estimate of drug-likeness (QED) is 0.835. The number of hydrogen-bond acceptors (Lipinski definition) is 2. The van der Waals surface area contributed by atoms with Crippen LogP contribution in [-0.4, -0.2) is 25.0 Å². The lowest BCUT2D eigenvalue weighted by Crippen LogP contribution is -2.64. The third kappa shape index (κ3) is 1.91. The molecular formula is C10H8BrF3O2. The van der Waals surface area contributed by atoms with E-state index in [0.29, 0.717) is 4.47 Å². The first-order valence-corrected chi connectivity index (χ1v) is 5.32. The fourth-order valence-corrected chi connectivity index (χ4v) is 1.67. The standard InChI is InChI=1S/C10H8BrF3O2/c11-7-3-1-2-4-8(7)16-9(5-15-6-9)10(12,13)14/h1-4H,5-6H2. The normalized spacial score (nSPS) is 19.0. The molecule has 0 saturated carbocycles. The van der Waals surface area contributed by atoms with Gasteiger partial charge in [-0.1, -0.05) is 12.1 Å². The summed E-state index contributed by atoms with van der Waals surface area (Å²) in [6.45, 7) is -0.921. The van der Waals surface area contributed by atoms with Gasteiger partial charge in [-0.2, -0.15) is 13.2 Å². The lowest BCUT2D eigenvalue weighted by molar-refractivity contribution is -0.322. The first kappa shape index (κ1) is 11.7. The molecule has 88 valence electrons. The summed E-state index contributed by atoms with van der Waals surface area (Å²) >= 11 is 3.14. The van der Waals surface area contributed by atoms with E-state index in [2.05, 4.69) is 20.7 Å². The summed E-state index contributed by atoms with van der Waals surface area (Å²) in [5.74, 6) is 0.170. The SMILES string of the molecule is FC(F)(F)C1(Oc2ccccc2Br)COC1. The van der Waals surface area contributed by atoms with Crippen LogP contribution in [0.15, 0.2) is 28.7 Å². The summed E-state index contributed by atoms with van der Waals surface area (Å²) < 4.78 is 48.4. The monoisotopic (exact) mass is 296 g/mol. The van der Waals surface area contributed by atoms with E-state index < -0.39 is 25.0 Å². The van der Waals surface area contributed by atoms with Crippen LogP contribution in [-0.2, 0) is 4.74 Å². The number of para-hydroxylation sites is 1. The molecule has 2 nitrogen and oxygen atoms in total. The van der Waals surface area contributed by atoms with Crippen LogP contribution in [0.2, 0.25) is 0 Å². The number of hydrogen-bond donors (Lipinski definition) is 0. The highest BCUT2D eigenvalue weighted by Crippen LogP contribution is 2.41. The molecule has 1 aliphatic heterocycles. The van der Waals surface area contributed by atoms with Crippen LogP contribution in [0.25, 0.3) is 0 Å². The van der Waals surface area contributed by atoms with Crippen molar-refractivity contribution < 1.29 is 22.6 Å². The molecule has 0 aromatic heterocycles. The summed E-state index contributed by atoms with van der Waals surface area (Å²) in [5, 5.41) is 0. The molecule has 0 bridgehead atoms. The molecule has 1 fully saturated rings. The summed E-state index contributed by atoms with van der Waals surface area (Å²) in [7, 11) is 0. The second-order valence-corrected chi connectivity index (χ2v) is 4.37. The lowest BCUT2D eigenvalue weighted by Gasteiger charge is -2.42. The van der Waals surface area contributed by atoms with E-state index in [1.54, 1.807) is 18.2 Å². The van der Waals surface area contributed by atoms with Gasteiger partial charge in [0, 0.05) is 0 Å². The van der Waals surface area contributed by atoms with Gasteiger partial charge < -0.3 is 9.47 Å². The van der Waals surface area contributed by atoms with Crippen LogP contribution in [0.5, 0.6) is 5.75 Å². The Balaban J connectivity index is 2.23. The largest absolute Gasteiger partial charge is 0.472 e. The molecule has 1 aliphatic rings. The predicted molar refractivity (Wildman–Crippen MR) is 54.4 cm³/mol. The van der Waals surface area contributed by atoms with Crippen molar-refractivity contribution in [3.63, 3.8) is 0 Å². The van der Waals surface area contributed by atoms with Crippen LogP contribution in [0.4, 0.5) is 13.2 Å². The summed E-state index contributed by atoms with van der Waals surface area (Å²) in [6.07, 6.45) is -4.43. The van der Waals surface area contributed by atoms with Gasteiger partial charge in [0.2, 0.25) is 5.60 Å². The van der Waals surface area contributed by atoms with Crippen molar-refractivity contribution in [3.05, 3.63) is 28.7 Å². The van der Waals surface area contributed by atoms with Gasteiger partial charge in [0.1, 0.15) is 5.75 Å². The van der Waals surface area contributed by atoms with Crippen molar-refractivity contribution in [3.8, 4) is 5.75 Å². The maximum atomic E-state index is 12.8. The van der Waals surface area contributed by atoms with E-state index in [-0.39, 0.29) is 5.75 Å². The van der Waals surface area contributed by atoms with Crippen molar-refractivity contribution in [1.82, 2.24) is 0 Å². The highest BCUT2D eigenvalue weighted by atomic mass is 79.9. The third-order valence-electron chi connectivity index (χ3n) is 2.33. The van der Waals surface area contributed by atoms with Gasteiger partial charge in [0.25, 0.3) is 0 Å². The number of ether oxygens (including phenoxy) is 2. The smallest absolute Gasteiger partial charge is 0.432 e. The van der Waals surface area contributed by atoms with Gasteiger partial charge in [-0.25, -0.2) is 0 Å². The zero-order valence-corrected chi connectivity index (χ0v) is 9.64. The Hall–Kier alpha value is -0.750. The van der Waals surface area contributed by atoms with Crippen LogP contribution in [0.3, 0.4) is 0 Å². The van der Waals surface area contributed by atoms with Gasteiger partial charge in [-0.15, -0.1) is 0 Å². The Labute approximate surface area is 98.5 Å². The maximum absolute atomic E-state index is 12.8. The highest BCUT2D eigenvalue weighted by molar-refractivity contribution is 9.10. The molecule has 6 heteroatoms. The number of benzene rings is 1. The van der Waals surface area contributed by atoms with E-state index in [1.165, 1.54) is 6.07 Å². The molecule has 0 atom stereocenters. The molecule has 0 unspecified atom stereocenters. The Kier molecular flexibility index (Phi) is 2.88. The van der Waals surface area contributed by atoms with E-state index >= 15 is 0 Å². The Morgan fingerprint density at radius 1 is 1.25 bits per heavy atom. The van der Waals surface area contributed by atoms with Gasteiger partial charge in [0.05, 0.1) is 17.7 Å². The number of rotatable bonds is 2. The molecular weight excluding hydrogens is 289 g/mol. The second kappa shape index (κ2) is 3.92. The Bertz CT molecular complexity index is 388. The van der Waals surface area contributed by atoms with E-state index in [0.717, 1.165) is 0 Å². The second-order valence-electron chi connectivity index (χ2n) is 3.52. The molecule has 0 amide bonds. The van der Waals surface area contributed by atoms with Gasteiger partial charge in [0.15, 0.2) is 0 Å².